The van der Waals surface area contributed by atoms with Gasteiger partial charge in [0.05, 0.1) is 17.6 Å². The highest BCUT2D eigenvalue weighted by molar-refractivity contribution is 5.80. The summed E-state index contributed by atoms with van der Waals surface area (Å²) in [6.45, 7) is 3.15. The quantitative estimate of drug-likeness (QED) is 0.825. The molecular weight excluding hydrogens is 332 g/mol. The van der Waals surface area contributed by atoms with Crippen molar-refractivity contribution in [2.24, 2.45) is 11.8 Å². The van der Waals surface area contributed by atoms with E-state index >= 15 is 0 Å². The van der Waals surface area contributed by atoms with Crippen molar-refractivity contribution in [1.29, 1.82) is 5.26 Å². The number of anilines is 1. The van der Waals surface area contributed by atoms with Gasteiger partial charge in [0.25, 0.3) is 0 Å². The van der Waals surface area contributed by atoms with Crippen molar-refractivity contribution in [3.05, 3.63) is 23.9 Å². The van der Waals surface area contributed by atoms with Gasteiger partial charge in [0.1, 0.15) is 11.9 Å². The van der Waals surface area contributed by atoms with Crippen LogP contribution >= 0.6 is 0 Å². The summed E-state index contributed by atoms with van der Waals surface area (Å²) in [6, 6.07) is 5.53. The summed E-state index contributed by atoms with van der Waals surface area (Å²) in [6.07, 6.45) is 4.31. The van der Waals surface area contributed by atoms with Crippen LogP contribution in [0.25, 0.3) is 0 Å². The fraction of sp³-hybridized carbons (Fsp3) is 0.632. The summed E-state index contributed by atoms with van der Waals surface area (Å²) in [5.74, 6) is 0.980. The number of pyridine rings is 1. The molecule has 7 heteroatoms. The lowest BCUT2D eigenvalue weighted by Crippen LogP contribution is -2.47. The first-order valence-electron chi connectivity index (χ1n) is 9.32. The fourth-order valence-corrected chi connectivity index (χ4v) is 3.67. The van der Waals surface area contributed by atoms with Crippen molar-refractivity contribution >= 4 is 11.7 Å². The molecule has 0 spiro atoms. The molecule has 3 heterocycles. The zero-order chi connectivity index (χ0) is 18.4. The van der Waals surface area contributed by atoms with Gasteiger partial charge in [-0.3, -0.25) is 4.79 Å². The van der Waals surface area contributed by atoms with Crippen LogP contribution in [0, 0.1) is 23.2 Å². The molecule has 3 rings (SSSR count). The van der Waals surface area contributed by atoms with Crippen LogP contribution in [0.2, 0.25) is 0 Å². The largest absolute Gasteiger partial charge is 0.393 e. The summed E-state index contributed by atoms with van der Waals surface area (Å²) < 4.78 is 5.46. The number of piperidine rings is 1. The van der Waals surface area contributed by atoms with Crippen LogP contribution in [0.5, 0.6) is 0 Å². The average Bonchev–Trinajstić information content (AvgIpc) is 2.70. The molecule has 140 valence electrons. The summed E-state index contributed by atoms with van der Waals surface area (Å²) in [5, 5.41) is 21.8. The fourth-order valence-electron chi connectivity index (χ4n) is 3.67. The van der Waals surface area contributed by atoms with Crippen LogP contribution in [-0.4, -0.2) is 59.8 Å². The van der Waals surface area contributed by atoms with E-state index in [9.17, 15) is 9.90 Å². The molecule has 2 aliphatic rings. The molecular formula is C19H26N4O3. The minimum Gasteiger partial charge on any atom is -0.393 e. The molecule has 1 atom stereocenters. The molecule has 1 unspecified atom stereocenters. The van der Waals surface area contributed by atoms with Crippen molar-refractivity contribution in [2.75, 3.05) is 38.2 Å². The van der Waals surface area contributed by atoms with E-state index in [1.54, 1.807) is 12.1 Å². The van der Waals surface area contributed by atoms with Crippen molar-refractivity contribution in [3.8, 4) is 6.07 Å². The molecule has 2 N–H and O–H groups in total. The zero-order valence-electron chi connectivity index (χ0n) is 14.9. The third-order valence-electron chi connectivity index (χ3n) is 5.32. The molecule has 26 heavy (non-hydrogen) atoms. The number of hydrogen-bond acceptors (Lipinski definition) is 6. The standard InChI is InChI=1S/C19H26N4O3/c20-11-14-1-2-18(21-12-14)22-13-17(15-5-9-26-10-6-15)19(25)23-7-3-16(24)4-8-23/h1-2,12,15-17,24H,3-10,13H2,(H,21,22). The Balaban J connectivity index is 1.66. The zero-order valence-corrected chi connectivity index (χ0v) is 14.9. The molecule has 2 aliphatic heterocycles. The highest BCUT2D eigenvalue weighted by Crippen LogP contribution is 2.27. The minimum atomic E-state index is -0.290. The lowest BCUT2D eigenvalue weighted by molar-refractivity contribution is -0.140. The van der Waals surface area contributed by atoms with Crippen molar-refractivity contribution in [2.45, 2.75) is 31.8 Å². The van der Waals surface area contributed by atoms with E-state index in [1.807, 2.05) is 4.90 Å². The third-order valence-corrected chi connectivity index (χ3v) is 5.32. The normalized spacial score (nSPS) is 20.4. The third kappa shape index (κ3) is 4.71. The summed E-state index contributed by atoms with van der Waals surface area (Å²) in [7, 11) is 0. The number of carbonyl (C=O) groups excluding carboxylic acids is 1. The van der Waals surface area contributed by atoms with E-state index in [0.29, 0.717) is 57.1 Å². The lowest BCUT2D eigenvalue weighted by Gasteiger charge is -2.36. The molecule has 0 aliphatic carbocycles. The monoisotopic (exact) mass is 358 g/mol. The van der Waals surface area contributed by atoms with E-state index in [1.165, 1.54) is 6.20 Å². The van der Waals surface area contributed by atoms with Gasteiger partial charge in [-0.1, -0.05) is 0 Å². The second-order valence-electron chi connectivity index (χ2n) is 7.04. The number of nitrogens with zero attached hydrogens (tertiary/aromatic N) is 3. The first-order valence-corrected chi connectivity index (χ1v) is 9.32. The predicted octanol–water partition coefficient (Wildman–Crippen LogP) is 1.39. The second-order valence-corrected chi connectivity index (χ2v) is 7.04. The van der Waals surface area contributed by atoms with E-state index in [0.717, 1.165) is 12.8 Å². The number of amides is 1. The molecule has 2 fully saturated rings. The van der Waals surface area contributed by atoms with Gasteiger partial charge in [-0.25, -0.2) is 4.98 Å². The first-order chi connectivity index (χ1) is 12.7. The summed E-state index contributed by atoms with van der Waals surface area (Å²) >= 11 is 0. The number of aliphatic hydroxyl groups excluding tert-OH is 1. The molecule has 0 aromatic carbocycles. The Morgan fingerprint density at radius 1 is 1.35 bits per heavy atom. The van der Waals surface area contributed by atoms with E-state index in [2.05, 4.69) is 16.4 Å². The Hall–Kier alpha value is -2.17. The van der Waals surface area contributed by atoms with Crippen LogP contribution < -0.4 is 5.32 Å². The number of likely N-dealkylation sites (tertiary alicyclic amines) is 1. The predicted molar refractivity (Wildman–Crippen MR) is 96.3 cm³/mol. The molecule has 1 aromatic heterocycles. The number of rotatable bonds is 5. The van der Waals surface area contributed by atoms with Gasteiger partial charge in [-0.05, 0) is 43.7 Å². The SMILES string of the molecule is N#Cc1ccc(NCC(C(=O)N2CCC(O)CC2)C2CCOCC2)nc1. The molecule has 1 aromatic rings. The van der Waals surface area contributed by atoms with Gasteiger partial charge in [0.15, 0.2) is 0 Å². The number of ether oxygens (including phenoxy) is 1. The van der Waals surface area contributed by atoms with Crippen LogP contribution in [-0.2, 0) is 9.53 Å². The number of hydrogen-bond donors (Lipinski definition) is 2. The van der Waals surface area contributed by atoms with Gasteiger partial charge in [-0.2, -0.15) is 5.26 Å². The van der Waals surface area contributed by atoms with Crippen LogP contribution in [0.1, 0.15) is 31.2 Å². The van der Waals surface area contributed by atoms with E-state index in [4.69, 9.17) is 10.00 Å². The molecule has 0 bridgehead atoms. The van der Waals surface area contributed by atoms with Crippen molar-refractivity contribution in [3.63, 3.8) is 0 Å². The molecule has 1 amide bonds. The molecule has 2 saturated heterocycles. The van der Waals surface area contributed by atoms with Gasteiger partial charge in [0, 0.05) is 39.0 Å². The Morgan fingerprint density at radius 2 is 2.08 bits per heavy atom. The van der Waals surface area contributed by atoms with Crippen LogP contribution in [0.3, 0.4) is 0 Å². The first kappa shape index (κ1) is 18.6. The Labute approximate surface area is 154 Å². The Kier molecular flexibility index (Phi) is 6.42. The molecule has 0 saturated carbocycles. The summed E-state index contributed by atoms with van der Waals surface area (Å²) in [4.78, 5) is 19.2. The maximum absolute atomic E-state index is 13.1. The van der Waals surface area contributed by atoms with Gasteiger partial charge < -0.3 is 20.1 Å². The van der Waals surface area contributed by atoms with Crippen LogP contribution in [0.4, 0.5) is 5.82 Å². The Bertz CT molecular complexity index is 629. The number of nitriles is 1. The maximum Gasteiger partial charge on any atom is 0.227 e. The minimum absolute atomic E-state index is 0.133. The van der Waals surface area contributed by atoms with E-state index in [-0.39, 0.29) is 23.8 Å². The smallest absolute Gasteiger partial charge is 0.227 e. The highest BCUT2D eigenvalue weighted by atomic mass is 16.5. The van der Waals surface area contributed by atoms with Gasteiger partial charge in [-0.15, -0.1) is 0 Å². The van der Waals surface area contributed by atoms with Crippen molar-refractivity contribution < 1.29 is 14.6 Å². The average molecular weight is 358 g/mol. The van der Waals surface area contributed by atoms with E-state index < -0.39 is 0 Å². The Morgan fingerprint density at radius 3 is 2.69 bits per heavy atom. The topological polar surface area (TPSA) is 98.5 Å². The highest BCUT2D eigenvalue weighted by Gasteiger charge is 2.34. The number of nitrogens with one attached hydrogen (secondary N) is 1. The number of aliphatic hydroxyl groups is 1. The lowest BCUT2D eigenvalue weighted by atomic mass is 9.84. The van der Waals surface area contributed by atoms with Crippen LogP contribution in [0.15, 0.2) is 18.3 Å². The number of carbonyl (C=O) groups is 1. The maximum atomic E-state index is 13.1. The summed E-state index contributed by atoms with van der Waals surface area (Å²) in [5.41, 5.74) is 0.513. The second kappa shape index (κ2) is 8.97. The number of aromatic nitrogens is 1. The van der Waals surface area contributed by atoms with Gasteiger partial charge in [0.2, 0.25) is 5.91 Å². The van der Waals surface area contributed by atoms with Crippen molar-refractivity contribution in [1.82, 2.24) is 9.88 Å². The molecule has 7 nitrogen and oxygen atoms in total. The van der Waals surface area contributed by atoms with Gasteiger partial charge >= 0.3 is 0 Å². The molecule has 0 radical (unpaired) electrons.